The second-order valence-corrected chi connectivity index (χ2v) is 8.94. The zero-order chi connectivity index (χ0) is 24.9. The Labute approximate surface area is 208 Å². The van der Waals surface area contributed by atoms with Crippen molar-refractivity contribution in [3.63, 3.8) is 0 Å². The highest BCUT2D eigenvalue weighted by Gasteiger charge is 2.47. The van der Waals surface area contributed by atoms with Crippen LogP contribution >= 0.6 is 11.6 Å². The molecule has 8 heteroatoms. The van der Waals surface area contributed by atoms with E-state index >= 15 is 0 Å². The van der Waals surface area contributed by atoms with Gasteiger partial charge in [0, 0.05) is 11.6 Å². The zero-order valence-corrected chi connectivity index (χ0v) is 19.9. The van der Waals surface area contributed by atoms with Crippen LogP contribution in [0.4, 0.5) is 0 Å². The molecule has 0 bridgehead atoms. The van der Waals surface area contributed by atoms with Crippen LogP contribution < -0.4 is 10.1 Å². The molecular weight excluding hydrogens is 470 g/mol. The van der Waals surface area contributed by atoms with Gasteiger partial charge in [0.1, 0.15) is 30.2 Å². The molecule has 35 heavy (non-hydrogen) atoms. The van der Waals surface area contributed by atoms with Crippen LogP contribution in [-0.2, 0) is 22.5 Å². The van der Waals surface area contributed by atoms with Gasteiger partial charge in [-0.25, -0.2) is 0 Å². The molecule has 184 valence electrons. The van der Waals surface area contributed by atoms with E-state index in [4.69, 9.17) is 21.1 Å². The number of halogens is 1. The molecule has 1 heterocycles. The summed E-state index contributed by atoms with van der Waals surface area (Å²) < 4.78 is 11.1. The Hall–Kier alpha value is -2.94. The minimum atomic E-state index is -1.58. The summed E-state index contributed by atoms with van der Waals surface area (Å²) in [4.78, 5) is 12.8. The lowest BCUT2D eigenvalue weighted by molar-refractivity contribution is -0.222. The first-order valence-corrected chi connectivity index (χ1v) is 11.7. The fourth-order valence-corrected chi connectivity index (χ4v) is 4.31. The van der Waals surface area contributed by atoms with Crippen molar-refractivity contribution in [3.8, 4) is 5.75 Å². The highest BCUT2D eigenvalue weighted by molar-refractivity contribution is 6.31. The predicted octanol–water partition coefficient (Wildman–Crippen LogP) is 2.78. The van der Waals surface area contributed by atoms with Crippen LogP contribution in [0.5, 0.6) is 5.75 Å². The zero-order valence-electron chi connectivity index (χ0n) is 19.2. The largest absolute Gasteiger partial charge is 0.497 e. The molecule has 1 saturated heterocycles. The lowest BCUT2D eigenvalue weighted by Crippen LogP contribution is -2.58. The van der Waals surface area contributed by atoms with Gasteiger partial charge in [-0.05, 0) is 46.9 Å². The van der Waals surface area contributed by atoms with Gasteiger partial charge in [-0.2, -0.15) is 0 Å². The van der Waals surface area contributed by atoms with Crippen LogP contribution in [0.2, 0.25) is 5.02 Å². The third-order valence-corrected chi connectivity index (χ3v) is 6.50. The number of methoxy groups -OCH3 is 1. The summed E-state index contributed by atoms with van der Waals surface area (Å²) in [5.74, 6) is 0.168. The summed E-state index contributed by atoms with van der Waals surface area (Å²) in [6, 6.07) is 22.0. The highest BCUT2D eigenvalue weighted by atomic mass is 35.5. The highest BCUT2D eigenvalue weighted by Crippen LogP contribution is 2.34. The fourth-order valence-electron chi connectivity index (χ4n) is 4.13. The second-order valence-electron chi connectivity index (χ2n) is 8.53. The maximum absolute atomic E-state index is 12.8. The van der Waals surface area contributed by atoms with Crippen LogP contribution in [-0.4, -0.2) is 52.8 Å². The van der Waals surface area contributed by atoms with Gasteiger partial charge in [-0.15, -0.1) is 0 Å². The molecule has 0 aliphatic carbocycles. The van der Waals surface area contributed by atoms with E-state index in [1.807, 2.05) is 54.6 Å². The summed E-state index contributed by atoms with van der Waals surface area (Å²) >= 11 is 6.43. The van der Waals surface area contributed by atoms with Gasteiger partial charge in [0.05, 0.1) is 7.11 Å². The summed E-state index contributed by atoms with van der Waals surface area (Å²) in [6.45, 7) is 0.239. The Morgan fingerprint density at radius 1 is 0.943 bits per heavy atom. The Morgan fingerprint density at radius 2 is 1.66 bits per heavy atom. The average Bonchev–Trinajstić information content (AvgIpc) is 2.88. The number of benzene rings is 3. The molecule has 5 unspecified atom stereocenters. The van der Waals surface area contributed by atoms with Crippen molar-refractivity contribution in [1.82, 2.24) is 5.32 Å². The van der Waals surface area contributed by atoms with Crippen molar-refractivity contribution in [1.29, 1.82) is 0 Å². The number of rotatable bonds is 7. The van der Waals surface area contributed by atoms with Crippen LogP contribution in [0.15, 0.2) is 72.8 Å². The van der Waals surface area contributed by atoms with Crippen LogP contribution in [0.25, 0.3) is 0 Å². The third-order valence-electron chi connectivity index (χ3n) is 6.13. The average molecular weight is 498 g/mol. The van der Waals surface area contributed by atoms with Crippen LogP contribution in [0, 0.1) is 0 Å². The van der Waals surface area contributed by atoms with Gasteiger partial charge in [-0.3, -0.25) is 4.79 Å². The van der Waals surface area contributed by atoms with E-state index in [1.54, 1.807) is 25.3 Å². The predicted molar refractivity (Wildman–Crippen MR) is 131 cm³/mol. The normalized spacial score (nSPS) is 24.1. The molecule has 0 spiro atoms. The minimum absolute atomic E-state index is 0.239. The quantitative estimate of drug-likeness (QED) is 0.400. The van der Waals surface area contributed by atoms with E-state index < -0.39 is 36.4 Å². The number of aliphatic hydroxyl groups excluding tert-OH is 3. The first kappa shape index (κ1) is 25.2. The topological polar surface area (TPSA) is 108 Å². The molecule has 1 fully saturated rings. The molecule has 7 nitrogen and oxygen atoms in total. The third kappa shape index (κ3) is 5.83. The number of hydrogen-bond acceptors (Lipinski definition) is 6. The number of ether oxygens (including phenoxy) is 2. The number of hydrogen-bond donors (Lipinski definition) is 4. The molecule has 0 aromatic heterocycles. The lowest BCUT2D eigenvalue weighted by Gasteiger charge is -2.40. The van der Waals surface area contributed by atoms with Crippen molar-refractivity contribution in [2.45, 2.75) is 43.5 Å². The molecule has 1 aliphatic heterocycles. The van der Waals surface area contributed by atoms with Crippen molar-refractivity contribution in [2.24, 2.45) is 0 Å². The summed E-state index contributed by atoms with van der Waals surface area (Å²) in [6.07, 6.45) is -6.45. The van der Waals surface area contributed by atoms with Gasteiger partial charge in [-0.1, -0.05) is 66.2 Å². The number of carbonyl (C=O) groups excluding carboxylic acids is 1. The van der Waals surface area contributed by atoms with Gasteiger partial charge in [0.25, 0.3) is 5.91 Å². The number of carbonyl (C=O) groups is 1. The van der Waals surface area contributed by atoms with Gasteiger partial charge >= 0.3 is 0 Å². The van der Waals surface area contributed by atoms with Crippen molar-refractivity contribution in [2.75, 3.05) is 7.11 Å². The Bertz CT molecular complexity index is 1140. The van der Waals surface area contributed by atoms with Crippen LogP contribution in [0.1, 0.15) is 28.4 Å². The molecule has 4 N–H and O–H groups in total. The Kier molecular flexibility index (Phi) is 8.05. The number of amides is 1. The summed E-state index contributed by atoms with van der Waals surface area (Å²) in [5.41, 5.74) is 3.21. The molecule has 3 aromatic rings. The summed E-state index contributed by atoms with van der Waals surface area (Å²) in [7, 11) is 1.60. The maximum Gasteiger partial charge on any atom is 0.252 e. The number of nitrogens with one attached hydrogen (secondary N) is 1. The Morgan fingerprint density at radius 3 is 2.34 bits per heavy atom. The van der Waals surface area contributed by atoms with Crippen molar-refractivity contribution in [3.05, 3.63) is 100 Å². The number of aliphatic hydroxyl groups is 3. The van der Waals surface area contributed by atoms with E-state index in [9.17, 15) is 20.1 Å². The van der Waals surface area contributed by atoms with Crippen molar-refractivity contribution >= 4 is 17.5 Å². The van der Waals surface area contributed by atoms with Crippen LogP contribution in [0.3, 0.4) is 0 Å². The molecular formula is C27H28ClNO6. The molecule has 0 saturated carbocycles. The van der Waals surface area contributed by atoms with E-state index in [-0.39, 0.29) is 6.54 Å². The second kappa shape index (κ2) is 11.2. The first-order chi connectivity index (χ1) is 16.9. The summed E-state index contributed by atoms with van der Waals surface area (Å²) in [5, 5.41) is 34.9. The minimum Gasteiger partial charge on any atom is -0.497 e. The van der Waals surface area contributed by atoms with Crippen molar-refractivity contribution < 1.29 is 29.6 Å². The molecule has 1 amide bonds. The molecule has 1 aliphatic rings. The van der Waals surface area contributed by atoms with E-state index in [0.29, 0.717) is 17.0 Å². The van der Waals surface area contributed by atoms with E-state index in [2.05, 4.69) is 5.32 Å². The van der Waals surface area contributed by atoms with Gasteiger partial charge in [0.15, 0.2) is 6.10 Å². The van der Waals surface area contributed by atoms with Gasteiger partial charge < -0.3 is 30.1 Å². The molecule has 3 aromatic carbocycles. The molecule has 0 radical (unpaired) electrons. The van der Waals surface area contributed by atoms with E-state index in [0.717, 1.165) is 22.4 Å². The standard InChI is InChI=1S/C27H28ClNO6/c1-34-20-10-7-16(8-11-20)13-19-14-18(9-12-21(19)28)25-23(31)22(30)24(32)26(35-25)27(33)29-15-17-5-3-2-4-6-17/h2-12,14,22-26,30-32H,13,15H2,1H3,(H,29,33). The smallest absolute Gasteiger partial charge is 0.252 e. The molecule has 5 atom stereocenters. The Balaban J connectivity index is 1.52. The molecule has 4 rings (SSSR count). The SMILES string of the molecule is COc1ccc(Cc2cc(C3OC(C(=O)NCc4ccccc4)C(O)C(O)C3O)ccc2Cl)cc1. The lowest BCUT2D eigenvalue weighted by atomic mass is 9.89. The monoisotopic (exact) mass is 497 g/mol. The van der Waals surface area contributed by atoms with Gasteiger partial charge in [0.2, 0.25) is 0 Å². The maximum atomic E-state index is 12.8. The first-order valence-electron chi connectivity index (χ1n) is 11.3. The fraction of sp³-hybridized carbons (Fsp3) is 0.296. The van der Waals surface area contributed by atoms with E-state index in [1.165, 1.54) is 0 Å².